The summed E-state index contributed by atoms with van der Waals surface area (Å²) >= 11 is 1.08. The summed E-state index contributed by atoms with van der Waals surface area (Å²) in [5.74, 6) is 0. The van der Waals surface area contributed by atoms with Gasteiger partial charge in [0.05, 0.1) is 23.8 Å². The Morgan fingerprint density at radius 3 is 3.18 bits per heavy atom. The predicted octanol–water partition coefficient (Wildman–Crippen LogP) is 2.42. The highest BCUT2D eigenvalue weighted by molar-refractivity contribution is 7.94. The first-order chi connectivity index (χ1) is 8.33. The summed E-state index contributed by atoms with van der Waals surface area (Å²) in [4.78, 5) is 21.7. The molecule has 0 aliphatic carbocycles. The fourth-order valence-corrected chi connectivity index (χ4v) is 2.31. The van der Waals surface area contributed by atoms with E-state index in [1.165, 1.54) is 6.33 Å². The van der Waals surface area contributed by atoms with E-state index in [9.17, 15) is 4.79 Å². The number of nitrogens with zero attached hydrogens (tertiary/aromatic N) is 3. The van der Waals surface area contributed by atoms with Gasteiger partial charge in [0.25, 0.3) is 0 Å². The maximum Gasteiger partial charge on any atom is 0.422 e. The molecule has 5 nitrogen and oxygen atoms in total. The predicted molar refractivity (Wildman–Crippen MR) is 65.3 cm³/mol. The standard InChI is InChI=1S/C11H15N3O2S/c1-17-16-11(15)14-7-3-2-4-10(14)9-5-6-12-8-13-9/h5-6,8,10H,2-4,7H2,1H3. The van der Waals surface area contributed by atoms with Crippen LogP contribution in [0.15, 0.2) is 18.6 Å². The number of carbonyl (C=O) groups is 1. The van der Waals surface area contributed by atoms with E-state index in [1.54, 1.807) is 17.4 Å². The Labute approximate surface area is 105 Å². The fourth-order valence-electron chi connectivity index (χ4n) is 2.07. The van der Waals surface area contributed by atoms with E-state index >= 15 is 0 Å². The van der Waals surface area contributed by atoms with Crippen molar-refractivity contribution in [3.8, 4) is 0 Å². The lowest BCUT2D eigenvalue weighted by atomic mass is 10.00. The van der Waals surface area contributed by atoms with E-state index in [0.717, 1.165) is 43.5 Å². The van der Waals surface area contributed by atoms with Crippen LogP contribution in [0.2, 0.25) is 0 Å². The molecule has 1 aromatic heterocycles. The average molecular weight is 253 g/mol. The lowest BCUT2D eigenvalue weighted by molar-refractivity contribution is 0.117. The molecule has 6 heteroatoms. The highest BCUT2D eigenvalue weighted by Crippen LogP contribution is 2.30. The second-order valence-corrected chi connectivity index (χ2v) is 4.36. The SMILES string of the molecule is CSOC(=O)N1CCCCC1c1ccncn1. The number of piperidine rings is 1. The van der Waals surface area contributed by atoms with E-state index < -0.39 is 0 Å². The zero-order valence-electron chi connectivity index (χ0n) is 9.70. The summed E-state index contributed by atoms with van der Waals surface area (Å²) in [6.07, 6.45) is 7.74. The number of amides is 1. The Morgan fingerprint density at radius 1 is 1.59 bits per heavy atom. The summed E-state index contributed by atoms with van der Waals surface area (Å²) < 4.78 is 4.99. The van der Waals surface area contributed by atoms with Crippen LogP contribution < -0.4 is 0 Å². The van der Waals surface area contributed by atoms with E-state index in [2.05, 4.69) is 9.97 Å². The summed E-state index contributed by atoms with van der Waals surface area (Å²) in [5, 5.41) is 0. The molecule has 0 spiro atoms. The van der Waals surface area contributed by atoms with E-state index in [4.69, 9.17) is 4.18 Å². The van der Waals surface area contributed by atoms with Crippen molar-refractivity contribution in [3.63, 3.8) is 0 Å². The smallest absolute Gasteiger partial charge is 0.375 e. The molecule has 1 aromatic rings. The van der Waals surface area contributed by atoms with Crippen molar-refractivity contribution in [2.45, 2.75) is 25.3 Å². The monoisotopic (exact) mass is 253 g/mol. The molecule has 0 radical (unpaired) electrons. The zero-order chi connectivity index (χ0) is 12.1. The van der Waals surface area contributed by atoms with Crippen LogP contribution in [0.5, 0.6) is 0 Å². The van der Waals surface area contributed by atoms with Crippen LogP contribution in [0, 0.1) is 0 Å². The van der Waals surface area contributed by atoms with Crippen LogP contribution in [0.1, 0.15) is 31.0 Å². The zero-order valence-corrected chi connectivity index (χ0v) is 10.5. The first-order valence-electron chi connectivity index (χ1n) is 5.60. The van der Waals surface area contributed by atoms with Crippen LogP contribution in [0.25, 0.3) is 0 Å². The van der Waals surface area contributed by atoms with Gasteiger partial charge in [-0.2, -0.15) is 0 Å². The Bertz CT molecular complexity index is 374. The number of hydrogen-bond donors (Lipinski definition) is 0. The molecule has 0 aromatic carbocycles. The summed E-state index contributed by atoms with van der Waals surface area (Å²) in [6.45, 7) is 0.730. The molecule has 2 rings (SSSR count). The van der Waals surface area contributed by atoms with Gasteiger partial charge in [0, 0.05) is 19.0 Å². The topological polar surface area (TPSA) is 55.3 Å². The van der Waals surface area contributed by atoms with Gasteiger partial charge in [0.1, 0.15) is 6.33 Å². The van der Waals surface area contributed by atoms with Crippen molar-refractivity contribution >= 4 is 18.1 Å². The molecule has 1 amide bonds. The minimum absolute atomic E-state index is 0.0198. The molecular formula is C11H15N3O2S. The van der Waals surface area contributed by atoms with Crippen molar-refractivity contribution in [1.82, 2.24) is 14.9 Å². The second kappa shape index (κ2) is 5.86. The molecular weight excluding hydrogens is 238 g/mol. The van der Waals surface area contributed by atoms with E-state index in [0.29, 0.717) is 0 Å². The number of rotatable bonds is 2. The van der Waals surface area contributed by atoms with Gasteiger partial charge in [0.15, 0.2) is 0 Å². The van der Waals surface area contributed by atoms with Gasteiger partial charge in [-0.15, -0.1) is 0 Å². The van der Waals surface area contributed by atoms with Gasteiger partial charge in [-0.25, -0.2) is 14.8 Å². The van der Waals surface area contributed by atoms with Crippen molar-refractivity contribution in [3.05, 3.63) is 24.3 Å². The first kappa shape index (κ1) is 12.2. The molecule has 0 bridgehead atoms. The fraction of sp³-hybridized carbons (Fsp3) is 0.545. The molecule has 2 heterocycles. The molecule has 1 aliphatic heterocycles. The molecule has 1 unspecified atom stereocenters. The highest BCUT2D eigenvalue weighted by Gasteiger charge is 2.29. The third-order valence-electron chi connectivity index (χ3n) is 2.84. The van der Waals surface area contributed by atoms with Gasteiger partial charge in [-0.1, -0.05) is 0 Å². The number of hydrogen-bond acceptors (Lipinski definition) is 5. The largest absolute Gasteiger partial charge is 0.422 e. The molecule has 17 heavy (non-hydrogen) atoms. The Hall–Kier alpha value is -1.30. The van der Waals surface area contributed by atoms with Gasteiger partial charge in [0.2, 0.25) is 0 Å². The Kier molecular flexibility index (Phi) is 4.19. The van der Waals surface area contributed by atoms with Crippen LogP contribution in [-0.2, 0) is 4.18 Å². The van der Waals surface area contributed by atoms with Crippen LogP contribution in [-0.4, -0.2) is 33.8 Å². The highest BCUT2D eigenvalue weighted by atomic mass is 32.2. The third kappa shape index (κ3) is 2.88. The molecule has 1 atom stereocenters. The van der Waals surface area contributed by atoms with Gasteiger partial charge >= 0.3 is 6.09 Å². The van der Waals surface area contributed by atoms with Crippen molar-refractivity contribution in [1.29, 1.82) is 0 Å². The molecule has 0 N–H and O–H groups in total. The van der Waals surface area contributed by atoms with Gasteiger partial charge < -0.3 is 4.18 Å². The average Bonchev–Trinajstić information content (AvgIpc) is 2.40. The normalized spacial score (nSPS) is 20.1. The number of carbonyl (C=O) groups excluding carboxylic acids is 1. The summed E-state index contributed by atoms with van der Waals surface area (Å²) in [6, 6.07) is 1.88. The second-order valence-electron chi connectivity index (χ2n) is 3.86. The number of aromatic nitrogens is 2. The van der Waals surface area contributed by atoms with Crippen LogP contribution >= 0.6 is 12.0 Å². The van der Waals surface area contributed by atoms with Gasteiger partial charge in [-0.3, -0.25) is 4.90 Å². The molecule has 1 fully saturated rings. The van der Waals surface area contributed by atoms with Crippen LogP contribution in [0.3, 0.4) is 0 Å². The van der Waals surface area contributed by atoms with E-state index in [1.807, 2.05) is 6.07 Å². The maximum atomic E-state index is 11.8. The van der Waals surface area contributed by atoms with Crippen molar-refractivity contribution in [2.75, 3.05) is 12.8 Å². The van der Waals surface area contributed by atoms with Gasteiger partial charge in [-0.05, 0) is 25.3 Å². The molecule has 92 valence electrons. The summed E-state index contributed by atoms with van der Waals surface area (Å²) in [7, 11) is 0. The minimum atomic E-state index is -0.277. The Balaban J connectivity index is 2.15. The summed E-state index contributed by atoms with van der Waals surface area (Å²) in [5.41, 5.74) is 0.887. The Morgan fingerprint density at radius 2 is 2.47 bits per heavy atom. The van der Waals surface area contributed by atoms with Crippen molar-refractivity contribution < 1.29 is 8.98 Å². The van der Waals surface area contributed by atoms with E-state index in [-0.39, 0.29) is 12.1 Å². The molecule has 0 saturated carbocycles. The maximum absolute atomic E-state index is 11.8. The molecule has 1 aliphatic rings. The lowest BCUT2D eigenvalue weighted by Crippen LogP contribution is -2.38. The number of likely N-dealkylation sites (tertiary alicyclic amines) is 1. The minimum Gasteiger partial charge on any atom is -0.375 e. The quantitative estimate of drug-likeness (QED) is 0.758. The lowest BCUT2D eigenvalue weighted by Gasteiger charge is -2.33. The third-order valence-corrected chi connectivity index (χ3v) is 3.15. The van der Waals surface area contributed by atoms with Crippen LogP contribution in [0.4, 0.5) is 4.79 Å². The van der Waals surface area contributed by atoms with Crippen molar-refractivity contribution in [2.24, 2.45) is 0 Å². The first-order valence-corrected chi connectivity index (χ1v) is 6.75. The molecule has 1 saturated heterocycles.